The van der Waals surface area contributed by atoms with E-state index in [1.54, 1.807) is 0 Å². The molecular formula is C22H39N7O3. The number of guanidine groups is 1. The van der Waals surface area contributed by atoms with Crippen LogP contribution in [-0.2, 0) is 16.1 Å². The van der Waals surface area contributed by atoms with Crippen molar-refractivity contribution in [2.24, 2.45) is 10.7 Å². The number of aliphatic hydroxyl groups excluding tert-OH is 1. The molecule has 32 heavy (non-hydrogen) atoms. The van der Waals surface area contributed by atoms with E-state index in [2.05, 4.69) is 37.2 Å². The smallest absolute Gasteiger partial charge is 0.239 e. The van der Waals surface area contributed by atoms with Crippen LogP contribution in [0.25, 0.3) is 0 Å². The Morgan fingerprint density at radius 2 is 2.00 bits per heavy atom. The van der Waals surface area contributed by atoms with Crippen molar-refractivity contribution < 1.29 is 14.6 Å². The zero-order valence-electron chi connectivity index (χ0n) is 19.5. The van der Waals surface area contributed by atoms with Crippen LogP contribution in [0.4, 0.5) is 11.4 Å². The summed E-state index contributed by atoms with van der Waals surface area (Å²) in [6, 6.07) is 5.50. The number of carbonyl (C=O) groups excluding carboxylic acids is 1. The quantitative estimate of drug-likeness (QED) is 0.147. The Morgan fingerprint density at radius 1 is 1.25 bits per heavy atom. The molecule has 0 radical (unpaired) electrons. The lowest BCUT2D eigenvalue weighted by Crippen LogP contribution is -2.46. The predicted octanol–water partition coefficient (Wildman–Crippen LogP) is -0.166. The highest BCUT2D eigenvalue weighted by atomic mass is 16.5. The number of aliphatic imine (C=N–C) groups is 1. The normalized spacial score (nSPS) is 15.7. The predicted molar refractivity (Wildman–Crippen MR) is 129 cm³/mol. The second-order valence-corrected chi connectivity index (χ2v) is 8.08. The van der Waals surface area contributed by atoms with Gasteiger partial charge in [-0.05, 0) is 57.6 Å². The first-order chi connectivity index (χ1) is 15.4. The third-order valence-corrected chi connectivity index (χ3v) is 4.98. The average Bonchev–Trinajstić information content (AvgIpc) is 2.77. The van der Waals surface area contributed by atoms with Gasteiger partial charge in [0, 0.05) is 43.6 Å². The molecule has 10 heteroatoms. The molecule has 1 heterocycles. The number of amides is 1. The maximum absolute atomic E-state index is 12.4. The zero-order valence-corrected chi connectivity index (χ0v) is 19.5. The molecule has 7 N–H and O–H groups in total. The number of rotatable bonds is 12. The summed E-state index contributed by atoms with van der Waals surface area (Å²) in [6.07, 6.45) is 0.830. The van der Waals surface area contributed by atoms with Crippen molar-refractivity contribution in [3.8, 4) is 0 Å². The van der Waals surface area contributed by atoms with Gasteiger partial charge >= 0.3 is 0 Å². The monoisotopic (exact) mass is 449 g/mol. The van der Waals surface area contributed by atoms with Crippen molar-refractivity contribution in [3.05, 3.63) is 23.8 Å². The van der Waals surface area contributed by atoms with Crippen molar-refractivity contribution in [3.63, 3.8) is 0 Å². The summed E-state index contributed by atoms with van der Waals surface area (Å²) in [5.41, 5.74) is 8.87. The highest BCUT2D eigenvalue weighted by molar-refractivity contribution is 5.93. The molecule has 1 aromatic rings. The topological polar surface area (TPSA) is 136 Å². The summed E-state index contributed by atoms with van der Waals surface area (Å²) in [6.45, 7) is 8.44. The van der Waals surface area contributed by atoms with Crippen molar-refractivity contribution in [2.45, 2.75) is 38.9 Å². The maximum atomic E-state index is 12.4. The molecule has 0 aliphatic carbocycles. The third-order valence-electron chi connectivity index (χ3n) is 4.98. The van der Waals surface area contributed by atoms with Crippen LogP contribution in [0.15, 0.2) is 23.2 Å². The number of ether oxygens (including phenoxy) is 1. The molecule has 0 unspecified atom stereocenters. The summed E-state index contributed by atoms with van der Waals surface area (Å²) in [5, 5.41) is 21.9. The minimum atomic E-state index is -0.680. The number of hydrogen-bond donors (Lipinski definition) is 6. The van der Waals surface area contributed by atoms with Gasteiger partial charge in [-0.3, -0.25) is 15.1 Å². The van der Waals surface area contributed by atoms with E-state index in [0.29, 0.717) is 32.3 Å². The van der Waals surface area contributed by atoms with Gasteiger partial charge in [0.2, 0.25) is 5.91 Å². The molecule has 0 bridgehead atoms. The minimum Gasteiger partial charge on any atom is -0.394 e. The number of nitrogens with zero attached hydrogens (tertiary/aromatic N) is 2. The average molecular weight is 450 g/mol. The lowest BCUT2D eigenvalue weighted by atomic mass is 10.1. The van der Waals surface area contributed by atoms with Crippen LogP contribution < -0.4 is 31.9 Å². The van der Waals surface area contributed by atoms with E-state index in [-0.39, 0.29) is 18.6 Å². The van der Waals surface area contributed by atoms with Crippen LogP contribution >= 0.6 is 0 Å². The molecule has 0 spiro atoms. The Kier molecular flexibility index (Phi) is 11.2. The van der Waals surface area contributed by atoms with Gasteiger partial charge in [0.05, 0.1) is 19.8 Å². The highest BCUT2D eigenvalue weighted by Crippen LogP contribution is 2.24. The van der Waals surface area contributed by atoms with Crippen molar-refractivity contribution in [1.29, 1.82) is 0 Å². The van der Waals surface area contributed by atoms with Crippen LogP contribution in [0.1, 0.15) is 25.8 Å². The minimum absolute atomic E-state index is 0.0861. The van der Waals surface area contributed by atoms with Gasteiger partial charge in [0.1, 0.15) is 6.04 Å². The number of carbonyl (C=O) groups is 1. The zero-order chi connectivity index (χ0) is 23.3. The molecule has 1 aromatic carbocycles. The van der Waals surface area contributed by atoms with Crippen LogP contribution in [-0.4, -0.2) is 82.1 Å². The lowest BCUT2D eigenvalue weighted by Gasteiger charge is -2.30. The molecule has 1 atom stereocenters. The van der Waals surface area contributed by atoms with Crippen LogP contribution in [0, 0.1) is 0 Å². The number of aliphatic hydroxyl groups is 1. The van der Waals surface area contributed by atoms with Gasteiger partial charge in [-0.25, -0.2) is 0 Å². The molecule has 1 fully saturated rings. The number of morpholine rings is 1. The fraction of sp³-hybridized carbons (Fsp3) is 0.636. The maximum Gasteiger partial charge on any atom is 0.239 e. The van der Waals surface area contributed by atoms with E-state index < -0.39 is 6.04 Å². The van der Waals surface area contributed by atoms with Crippen molar-refractivity contribution in [2.75, 3.05) is 63.3 Å². The molecule has 1 aliphatic heterocycles. The van der Waals surface area contributed by atoms with E-state index in [1.807, 2.05) is 33.0 Å². The molecule has 0 aromatic heterocycles. The number of hydrogen-bond acceptors (Lipinski definition) is 7. The highest BCUT2D eigenvalue weighted by Gasteiger charge is 2.18. The first kappa shape index (κ1) is 25.9. The summed E-state index contributed by atoms with van der Waals surface area (Å²) in [5.74, 6) is 0.145. The number of anilines is 2. The van der Waals surface area contributed by atoms with Crippen molar-refractivity contribution >= 4 is 23.2 Å². The Bertz CT molecular complexity index is 736. The standard InChI is InChI=1S/C22H39N7O3/c1-16(2)27-22(23)28-18-11-17(12-19(13-18)29-7-9-32-10-8-29)14-26-20(15-30)21(31)25-6-4-5-24-3/h11-13,16,20,24,26,30H,4-10,14-15H2,1-3H3,(H,25,31)(H3,23,27,28)/t20-/m0/s1. The fourth-order valence-electron chi connectivity index (χ4n) is 3.39. The Balaban J connectivity index is 2.10. The second-order valence-electron chi connectivity index (χ2n) is 8.08. The van der Waals surface area contributed by atoms with Gasteiger partial charge in [-0.15, -0.1) is 0 Å². The summed E-state index contributed by atoms with van der Waals surface area (Å²) < 4.78 is 5.47. The van der Waals surface area contributed by atoms with E-state index in [4.69, 9.17) is 10.5 Å². The van der Waals surface area contributed by atoms with Crippen LogP contribution in [0.3, 0.4) is 0 Å². The number of nitrogens with one attached hydrogen (secondary N) is 4. The molecular weight excluding hydrogens is 410 g/mol. The SMILES string of the molecule is CNCCCNC(=O)[C@H](CO)NCc1cc(NC(N)=NC(C)C)cc(N2CCOCC2)c1. The molecule has 1 aliphatic rings. The van der Waals surface area contributed by atoms with Gasteiger partial charge in [0.25, 0.3) is 0 Å². The first-order valence-corrected chi connectivity index (χ1v) is 11.3. The third kappa shape index (κ3) is 8.99. The van der Waals surface area contributed by atoms with E-state index in [0.717, 1.165) is 43.0 Å². The summed E-state index contributed by atoms with van der Waals surface area (Å²) >= 11 is 0. The van der Waals surface area contributed by atoms with Gasteiger partial charge in [0.15, 0.2) is 5.96 Å². The fourth-order valence-corrected chi connectivity index (χ4v) is 3.39. The van der Waals surface area contributed by atoms with Crippen LogP contribution in [0.5, 0.6) is 0 Å². The molecule has 0 saturated carbocycles. The number of nitrogens with two attached hydrogens (primary N) is 1. The van der Waals surface area contributed by atoms with E-state index in [9.17, 15) is 9.90 Å². The molecule has 1 amide bonds. The van der Waals surface area contributed by atoms with Crippen LogP contribution in [0.2, 0.25) is 0 Å². The van der Waals surface area contributed by atoms with Gasteiger partial charge < -0.3 is 36.4 Å². The van der Waals surface area contributed by atoms with Crippen molar-refractivity contribution in [1.82, 2.24) is 16.0 Å². The second kappa shape index (κ2) is 13.9. The Morgan fingerprint density at radius 3 is 2.66 bits per heavy atom. The Hall–Kier alpha value is -2.40. The van der Waals surface area contributed by atoms with E-state index >= 15 is 0 Å². The summed E-state index contributed by atoms with van der Waals surface area (Å²) in [7, 11) is 1.87. The van der Waals surface area contributed by atoms with Gasteiger partial charge in [-0.2, -0.15) is 0 Å². The first-order valence-electron chi connectivity index (χ1n) is 11.3. The van der Waals surface area contributed by atoms with E-state index in [1.165, 1.54) is 0 Å². The molecule has 2 rings (SSSR count). The molecule has 1 saturated heterocycles. The molecule has 10 nitrogen and oxygen atoms in total. The number of benzene rings is 1. The largest absolute Gasteiger partial charge is 0.394 e. The molecule has 180 valence electrons. The summed E-state index contributed by atoms with van der Waals surface area (Å²) in [4.78, 5) is 19.0. The Labute approximate surface area is 191 Å². The lowest BCUT2D eigenvalue weighted by molar-refractivity contribution is -0.124. The van der Waals surface area contributed by atoms with Gasteiger partial charge in [-0.1, -0.05) is 0 Å².